The number of rotatable bonds is 9. The van der Waals surface area contributed by atoms with Crippen LogP contribution in [-0.2, 0) is 6.54 Å². The minimum Gasteiger partial charge on any atom is -0.493 e. The van der Waals surface area contributed by atoms with Gasteiger partial charge < -0.3 is 20.1 Å². The first-order valence-corrected chi connectivity index (χ1v) is 10.7. The summed E-state index contributed by atoms with van der Waals surface area (Å²) in [7, 11) is 3.41. The number of methoxy groups -OCH3 is 1. The van der Waals surface area contributed by atoms with E-state index < -0.39 is 0 Å². The van der Waals surface area contributed by atoms with Crippen LogP contribution in [0.5, 0.6) is 11.5 Å². The van der Waals surface area contributed by atoms with Crippen LogP contribution in [0.1, 0.15) is 30.0 Å². The molecule has 0 spiro atoms. The standard InChI is InChI=1S/C25H32N4O2/c1-4-16-31-24-17-20(12-13-23(24)30-3)18-27-25(26-2)28-19-22(29-14-8-9-15-29)21-10-6-5-7-11-21/h1,5-7,10-13,17,22H,8-9,14-16,18-19H2,2-3H3,(H2,26,27,28). The molecule has 1 aliphatic heterocycles. The molecule has 2 aromatic carbocycles. The normalized spacial score (nSPS) is 15.2. The van der Waals surface area contributed by atoms with Crippen LogP contribution in [-0.4, -0.2) is 51.3 Å². The summed E-state index contributed by atoms with van der Waals surface area (Å²) in [5.41, 5.74) is 2.38. The van der Waals surface area contributed by atoms with Crippen LogP contribution in [0.15, 0.2) is 53.5 Å². The van der Waals surface area contributed by atoms with Gasteiger partial charge in [-0.3, -0.25) is 9.89 Å². The van der Waals surface area contributed by atoms with Crippen LogP contribution in [0.4, 0.5) is 0 Å². The highest BCUT2D eigenvalue weighted by atomic mass is 16.5. The zero-order valence-corrected chi connectivity index (χ0v) is 18.4. The quantitative estimate of drug-likeness (QED) is 0.371. The van der Waals surface area contributed by atoms with Crippen LogP contribution in [0, 0.1) is 12.3 Å². The summed E-state index contributed by atoms with van der Waals surface area (Å²) >= 11 is 0. The molecule has 1 saturated heterocycles. The van der Waals surface area contributed by atoms with Gasteiger partial charge in [-0.2, -0.15) is 0 Å². The van der Waals surface area contributed by atoms with E-state index in [4.69, 9.17) is 15.9 Å². The molecule has 0 radical (unpaired) electrons. The number of hydrogen-bond donors (Lipinski definition) is 2. The molecule has 0 aromatic heterocycles. The lowest BCUT2D eigenvalue weighted by molar-refractivity contribution is 0.245. The van der Waals surface area contributed by atoms with Crippen molar-refractivity contribution in [1.82, 2.24) is 15.5 Å². The first-order valence-electron chi connectivity index (χ1n) is 10.7. The lowest BCUT2D eigenvalue weighted by atomic mass is 10.1. The Morgan fingerprint density at radius 3 is 2.58 bits per heavy atom. The van der Waals surface area contributed by atoms with Gasteiger partial charge in [0, 0.05) is 20.1 Å². The second-order valence-electron chi connectivity index (χ2n) is 7.45. The maximum atomic E-state index is 5.60. The molecule has 31 heavy (non-hydrogen) atoms. The summed E-state index contributed by atoms with van der Waals surface area (Å²) in [6, 6.07) is 16.8. The molecule has 1 unspecified atom stereocenters. The Balaban J connectivity index is 1.60. The second-order valence-corrected chi connectivity index (χ2v) is 7.45. The molecule has 6 nitrogen and oxygen atoms in total. The molecule has 1 aliphatic rings. The second kappa shape index (κ2) is 11.9. The summed E-state index contributed by atoms with van der Waals surface area (Å²) in [4.78, 5) is 6.94. The van der Waals surface area contributed by atoms with E-state index in [2.05, 4.69) is 56.8 Å². The summed E-state index contributed by atoms with van der Waals surface area (Å²) < 4.78 is 10.9. The Bertz CT molecular complexity index is 886. The van der Waals surface area contributed by atoms with E-state index in [-0.39, 0.29) is 6.61 Å². The van der Waals surface area contributed by atoms with Crippen molar-refractivity contribution in [1.29, 1.82) is 0 Å². The maximum Gasteiger partial charge on any atom is 0.191 e. The Morgan fingerprint density at radius 2 is 1.90 bits per heavy atom. The number of nitrogens with one attached hydrogen (secondary N) is 2. The van der Waals surface area contributed by atoms with Gasteiger partial charge in [0.15, 0.2) is 17.5 Å². The van der Waals surface area contributed by atoms with Crippen molar-refractivity contribution < 1.29 is 9.47 Å². The number of terminal acetylenes is 1. The van der Waals surface area contributed by atoms with Crippen molar-refractivity contribution in [2.75, 3.05) is 40.4 Å². The molecule has 1 fully saturated rings. The zero-order valence-electron chi connectivity index (χ0n) is 18.4. The largest absolute Gasteiger partial charge is 0.493 e. The van der Waals surface area contributed by atoms with Crippen molar-refractivity contribution in [2.45, 2.75) is 25.4 Å². The van der Waals surface area contributed by atoms with Crippen molar-refractivity contribution >= 4 is 5.96 Å². The van der Waals surface area contributed by atoms with Crippen LogP contribution in [0.3, 0.4) is 0 Å². The Morgan fingerprint density at radius 1 is 1.13 bits per heavy atom. The molecule has 0 aliphatic carbocycles. The molecule has 1 atom stereocenters. The lowest BCUT2D eigenvalue weighted by Gasteiger charge is -2.29. The predicted octanol–water partition coefficient (Wildman–Crippen LogP) is 3.21. The third kappa shape index (κ3) is 6.40. The van der Waals surface area contributed by atoms with E-state index in [1.165, 1.54) is 18.4 Å². The predicted molar refractivity (Wildman–Crippen MR) is 126 cm³/mol. The number of guanidine groups is 1. The van der Waals surface area contributed by atoms with E-state index in [0.717, 1.165) is 31.2 Å². The van der Waals surface area contributed by atoms with E-state index in [1.807, 2.05) is 18.2 Å². The first kappa shape index (κ1) is 22.5. The average Bonchev–Trinajstić information content (AvgIpc) is 3.35. The summed E-state index contributed by atoms with van der Waals surface area (Å²) in [6.45, 7) is 3.88. The Labute approximate surface area is 185 Å². The Kier molecular flexibility index (Phi) is 8.62. The molecular formula is C25H32N4O2. The molecule has 3 rings (SSSR count). The fourth-order valence-electron chi connectivity index (χ4n) is 3.85. The summed E-state index contributed by atoms with van der Waals surface area (Å²) in [6.07, 6.45) is 7.84. The highest BCUT2D eigenvalue weighted by molar-refractivity contribution is 5.79. The molecule has 0 bridgehead atoms. The maximum absolute atomic E-state index is 5.60. The summed E-state index contributed by atoms with van der Waals surface area (Å²) in [5.74, 6) is 4.55. The third-order valence-electron chi connectivity index (χ3n) is 5.45. The number of nitrogens with zero attached hydrogens (tertiary/aromatic N) is 2. The monoisotopic (exact) mass is 420 g/mol. The lowest BCUT2D eigenvalue weighted by Crippen LogP contribution is -2.42. The van der Waals surface area contributed by atoms with Gasteiger partial charge in [-0.25, -0.2) is 0 Å². The molecule has 2 aromatic rings. The first-order chi connectivity index (χ1) is 15.2. The highest BCUT2D eigenvalue weighted by Crippen LogP contribution is 2.28. The number of benzene rings is 2. The van der Waals surface area contributed by atoms with Crippen LogP contribution in [0.2, 0.25) is 0 Å². The van der Waals surface area contributed by atoms with E-state index in [9.17, 15) is 0 Å². The van der Waals surface area contributed by atoms with Gasteiger partial charge in [-0.05, 0) is 49.2 Å². The molecule has 2 N–H and O–H groups in total. The fraction of sp³-hybridized carbons (Fsp3) is 0.400. The molecule has 1 heterocycles. The molecule has 164 valence electrons. The SMILES string of the molecule is C#CCOc1cc(CNC(=NC)NCC(c2ccccc2)N2CCCC2)ccc1OC. The van der Waals surface area contributed by atoms with Crippen molar-refractivity contribution in [3.63, 3.8) is 0 Å². The van der Waals surface area contributed by atoms with Crippen molar-refractivity contribution in [3.8, 4) is 23.8 Å². The molecule has 0 saturated carbocycles. The molecule has 0 amide bonds. The van der Waals surface area contributed by atoms with Gasteiger partial charge in [-0.1, -0.05) is 42.3 Å². The van der Waals surface area contributed by atoms with Gasteiger partial charge in [0.25, 0.3) is 0 Å². The van der Waals surface area contributed by atoms with Crippen molar-refractivity contribution in [3.05, 3.63) is 59.7 Å². The Hall–Kier alpha value is -3.17. The summed E-state index contributed by atoms with van der Waals surface area (Å²) in [5, 5.41) is 6.89. The van der Waals surface area contributed by atoms with Crippen molar-refractivity contribution in [2.24, 2.45) is 4.99 Å². The molecular weight excluding hydrogens is 388 g/mol. The van der Waals surface area contributed by atoms with Gasteiger partial charge >= 0.3 is 0 Å². The number of ether oxygens (including phenoxy) is 2. The van der Waals surface area contributed by atoms with Gasteiger partial charge in [0.2, 0.25) is 0 Å². The number of likely N-dealkylation sites (tertiary alicyclic amines) is 1. The van der Waals surface area contributed by atoms with Gasteiger partial charge in [0.05, 0.1) is 13.2 Å². The number of hydrogen-bond acceptors (Lipinski definition) is 4. The minimum absolute atomic E-state index is 0.202. The topological polar surface area (TPSA) is 58.1 Å². The fourth-order valence-corrected chi connectivity index (χ4v) is 3.85. The van der Waals surface area contributed by atoms with Crippen LogP contribution in [0.25, 0.3) is 0 Å². The van der Waals surface area contributed by atoms with Gasteiger partial charge in [-0.15, -0.1) is 6.42 Å². The van der Waals surface area contributed by atoms with E-state index in [1.54, 1.807) is 14.2 Å². The van der Waals surface area contributed by atoms with Gasteiger partial charge in [0.1, 0.15) is 6.61 Å². The average molecular weight is 421 g/mol. The third-order valence-corrected chi connectivity index (χ3v) is 5.45. The number of aliphatic imine (C=N–C) groups is 1. The zero-order chi connectivity index (χ0) is 21.9. The molecule has 6 heteroatoms. The van der Waals surface area contributed by atoms with Crippen LogP contribution < -0.4 is 20.1 Å². The van der Waals surface area contributed by atoms with E-state index in [0.29, 0.717) is 24.1 Å². The smallest absolute Gasteiger partial charge is 0.191 e. The highest BCUT2D eigenvalue weighted by Gasteiger charge is 2.23. The van der Waals surface area contributed by atoms with E-state index >= 15 is 0 Å². The minimum atomic E-state index is 0.202. The van der Waals surface area contributed by atoms with Crippen LogP contribution >= 0.6 is 0 Å².